The first-order chi connectivity index (χ1) is 36.4. The third kappa shape index (κ3) is 13.3. The van der Waals surface area contributed by atoms with Gasteiger partial charge in [-0.2, -0.15) is 57.2 Å². The topological polar surface area (TPSA) is 502 Å². The number of Topliss-reactive ketones (excluding diaryl/α,β-unsaturated/α-hetero) is 1. The second-order valence-corrected chi connectivity index (χ2v) is 23.1. The molecule has 2 aromatic heterocycles. The van der Waals surface area contributed by atoms with E-state index in [0.29, 0.717) is 0 Å². The number of benzene rings is 5. The van der Waals surface area contributed by atoms with Crippen molar-refractivity contribution in [3.05, 3.63) is 146 Å². The molecule has 0 saturated carbocycles. The number of allylic oxidation sites excluding steroid dienone is 1. The fourth-order valence-electron chi connectivity index (χ4n) is 6.72. The van der Waals surface area contributed by atoms with Crippen LogP contribution in [0.1, 0.15) is 15.9 Å². The van der Waals surface area contributed by atoms with Crippen molar-refractivity contribution in [1.29, 1.82) is 0 Å². The highest BCUT2D eigenvalue weighted by atomic mass is 35.5. The van der Waals surface area contributed by atoms with Gasteiger partial charge in [0.05, 0.1) is 49.5 Å². The van der Waals surface area contributed by atoms with Crippen LogP contribution in [0.4, 0.5) is 45.5 Å². The van der Waals surface area contributed by atoms with E-state index in [0.717, 1.165) is 72.8 Å². The summed E-state index contributed by atoms with van der Waals surface area (Å²) in [4.78, 5) is 45.0. The number of aromatic nitrogens is 6. The Morgan fingerprint density at radius 1 is 0.526 bits per heavy atom. The van der Waals surface area contributed by atoms with E-state index in [4.69, 9.17) is 28.9 Å². The lowest BCUT2D eigenvalue weighted by Crippen LogP contribution is -2.28. The number of carbonyl (C=O) groups is 1. The Morgan fingerprint density at radius 3 is 1.50 bits per heavy atom. The molecular formula is C40H29Cl2N15O16S5. The third-order valence-electron chi connectivity index (χ3n) is 10.0. The molecule has 0 saturated heterocycles. The molecule has 1 aliphatic rings. The Labute approximate surface area is 446 Å². The molecule has 0 radical (unpaired) electrons. The Morgan fingerprint density at radius 2 is 1.00 bits per heavy atom. The zero-order chi connectivity index (χ0) is 56.7. The summed E-state index contributed by atoms with van der Waals surface area (Å²) in [5, 5.41) is 11.0. The molecule has 0 atom stereocenters. The molecule has 12 N–H and O–H groups in total. The second-order valence-electron chi connectivity index (χ2n) is 15.4. The number of hydrogen-bond acceptors (Lipinski definition) is 22. The number of nitrogen functional groups attached to an aromatic ring is 1. The molecule has 31 nitrogen and oxygen atoms in total. The fraction of sp³-hybridized carbons (Fsp3) is 0. The number of halogens is 2. The number of anilines is 2. The molecule has 0 spiro atoms. The molecule has 0 aliphatic heterocycles. The van der Waals surface area contributed by atoms with Gasteiger partial charge in [0.15, 0.2) is 5.71 Å². The highest BCUT2D eigenvalue weighted by molar-refractivity contribution is 7.91. The van der Waals surface area contributed by atoms with Gasteiger partial charge in [0.25, 0.3) is 50.6 Å². The largest absolute Gasteiger partial charge is 0.396 e. The Balaban J connectivity index is 1.10. The summed E-state index contributed by atoms with van der Waals surface area (Å²) in [5.41, 5.74) is 3.50. The number of rotatable bonds is 13. The van der Waals surface area contributed by atoms with Crippen LogP contribution in [-0.2, 0) is 50.6 Å². The maximum absolute atomic E-state index is 14.1. The van der Waals surface area contributed by atoms with Crippen LogP contribution in [0.15, 0.2) is 157 Å². The predicted molar refractivity (Wildman–Crippen MR) is 272 cm³/mol. The zero-order valence-corrected chi connectivity index (χ0v) is 43.5. The van der Waals surface area contributed by atoms with Gasteiger partial charge >= 0.3 is 0 Å². The molecule has 8 rings (SSSR count). The molecule has 2 heterocycles. The standard InChI is InChI=1S/C40H29Cl2N15O16S5/c41-35-48-37(44-19-3-1-5-23(14-19)74(59,60)61)52-39(50-35)46-21-8-11-25(28(16-21)76(65,66)67)54-56-27-10-7-18-13-30(78(71,72)73)33(34(58)31(18)32(27)43)57-55-26-12-9-22(17-29(26)77(68,69)70)47-40-51-36(42)49-38(53-40)45-20-4-2-6-24(15-20)75(62,63)64/h1-17,55H,43H2,(H,59,60,61)(H,62,63,64)(H,65,66,67)(H,68,69,70)(H,71,72,73)(H2,44,46,48,50,52)(H2,45,47,49,51,53)/b56-54?,57-33+. The SMILES string of the molecule is Nc1c(N=Nc2ccc(N=c3[nH]c(Cl)nc(=Nc4cccc(S(=O)(=O)O)c4)[nH]3)cc2S(=O)(=O)O)ccc2c1C(=O)/C(=N/Nc1ccc(N=c3[nH]c(Cl)nc(=Nc4cccc(S(=O)(=O)O)c4)[nH]3)cc1S(=O)(=O)O)C(S(=O)(=O)O)=C2. The lowest BCUT2D eigenvalue weighted by Gasteiger charge is -2.18. The first-order valence-corrected chi connectivity index (χ1v) is 28.6. The number of nitrogens with zero attached hydrogens (tertiary/aromatic N) is 9. The second kappa shape index (κ2) is 21.3. The summed E-state index contributed by atoms with van der Waals surface area (Å²) in [6.45, 7) is 0. The molecule has 0 unspecified atom stereocenters. The number of aromatic amines is 4. The van der Waals surface area contributed by atoms with Gasteiger partial charge in [0, 0.05) is 0 Å². The van der Waals surface area contributed by atoms with Crippen molar-refractivity contribution in [1.82, 2.24) is 29.9 Å². The van der Waals surface area contributed by atoms with Gasteiger partial charge in [-0.25, -0.2) is 20.0 Å². The van der Waals surface area contributed by atoms with E-state index >= 15 is 0 Å². The van der Waals surface area contributed by atoms with Crippen LogP contribution in [0.25, 0.3) is 6.08 Å². The molecule has 404 valence electrons. The first kappa shape index (κ1) is 55.9. The van der Waals surface area contributed by atoms with Gasteiger partial charge in [-0.3, -0.25) is 43.0 Å². The Hall–Kier alpha value is -8.27. The van der Waals surface area contributed by atoms with Crippen LogP contribution >= 0.6 is 23.2 Å². The van der Waals surface area contributed by atoms with E-state index in [1.54, 1.807) is 0 Å². The summed E-state index contributed by atoms with van der Waals surface area (Å²) in [7, 11) is -24.8. The number of hydrazone groups is 1. The van der Waals surface area contributed by atoms with Crippen molar-refractivity contribution in [3.8, 4) is 0 Å². The fourth-order valence-corrected chi connectivity index (χ4v) is 10.1. The predicted octanol–water partition coefficient (Wildman–Crippen LogP) is 3.90. The normalized spacial score (nSPS) is 15.0. The number of hydrogen-bond donors (Lipinski definition) is 11. The number of fused-ring (bicyclic) bond motifs is 1. The monoisotopic (exact) mass is 1200 g/mol. The van der Waals surface area contributed by atoms with Crippen molar-refractivity contribution in [3.63, 3.8) is 0 Å². The molecular weight excluding hydrogens is 1180 g/mol. The summed E-state index contributed by atoms with van der Waals surface area (Å²) in [5.74, 6) is -1.30. The summed E-state index contributed by atoms with van der Waals surface area (Å²) >= 11 is 12.2. The van der Waals surface area contributed by atoms with Gasteiger partial charge < -0.3 is 15.7 Å². The van der Waals surface area contributed by atoms with E-state index in [1.165, 1.54) is 30.3 Å². The minimum absolute atomic E-state index is 0.00818. The highest BCUT2D eigenvalue weighted by Crippen LogP contribution is 2.37. The maximum Gasteiger partial charge on any atom is 0.296 e. The number of H-pyrrole nitrogens is 4. The number of ketones is 1. The van der Waals surface area contributed by atoms with E-state index in [2.05, 4.69) is 70.6 Å². The van der Waals surface area contributed by atoms with Gasteiger partial charge in [0.1, 0.15) is 26.1 Å². The summed E-state index contributed by atoms with van der Waals surface area (Å²) in [6.07, 6.45) is 0.788. The minimum atomic E-state index is -5.30. The summed E-state index contributed by atoms with van der Waals surface area (Å²) in [6, 6.07) is 17.9. The number of azo groups is 1. The minimum Gasteiger partial charge on any atom is -0.396 e. The van der Waals surface area contributed by atoms with Crippen LogP contribution < -0.4 is 33.6 Å². The van der Waals surface area contributed by atoms with Crippen LogP contribution in [-0.4, -0.2) is 106 Å². The van der Waals surface area contributed by atoms with Crippen LogP contribution in [0.5, 0.6) is 0 Å². The zero-order valence-electron chi connectivity index (χ0n) is 37.9. The average molecular weight is 1210 g/mol. The van der Waals surface area contributed by atoms with Crippen molar-refractivity contribution in [2.24, 2.45) is 35.3 Å². The lowest BCUT2D eigenvalue weighted by molar-refractivity contribution is 0.106. The van der Waals surface area contributed by atoms with Gasteiger partial charge in [-0.1, -0.05) is 18.2 Å². The molecule has 38 heteroatoms. The molecule has 0 fully saturated rings. The van der Waals surface area contributed by atoms with E-state index in [-0.39, 0.29) is 67.0 Å². The average Bonchev–Trinajstić information content (AvgIpc) is 3.54. The van der Waals surface area contributed by atoms with Crippen molar-refractivity contribution < 1.29 is 69.6 Å². The highest BCUT2D eigenvalue weighted by Gasteiger charge is 2.35. The van der Waals surface area contributed by atoms with Crippen molar-refractivity contribution in [2.75, 3.05) is 11.2 Å². The van der Waals surface area contributed by atoms with E-state index in [9.17, 15) is 69.6 Å². The number of nitrogens with one attached hydrogen (secondary N) is 5. The first-order valence-electron chi connectivity index (χ1n) is 20.6. The number of nitrogens with two attached hydrogens (primary N) is 1. The summed E-state index contributed by atoms with van der Waals surface area (Å²) < 4.78 is 171. The van der Waals surface area contributed by atoms with Crippen molar-refractivity contribution in [2.45, 2.75) is 19.6 Å². The van der Waals surface area contributed by atoms with Crippen LogP contribution in [0.3, 0.4) is 0 Å². The quantitative estimate of drug-likeness (QED) is 0.0337. The third-order valence-corrected chi connectivity index (χ3v) is 14.7. The van der Waals surface area contributed by atoms with Gasteiger partial charge in [0.2, 0.25) is 38.8 Å². The van der Waals surface area contributed by atoms with E-state index in [1.807, 2.05) is 0 Å². The van der Waals surface area contributed by atoms with Crippen LogP contribution in [0, 0.1) is 0 Å². The smallest absolute Gasteiger partial charge is 0.296 e. The lowest BCUT2D eigenvalue weighted by atomic mass is 9.92. The number of carbonyl (C=O) groups excluding carboxylic acids is 1. The van der Waals surface area contributed by atoms with Gasteiger partial charge in [-0.05, 0) is 114 Å². The molecule has 0 bridgehead atoms. The Kier molecular flexibility index (Phi) is 15.3. The molecule has 0 amide bonds. The molecule has 5 aromatic carbocycles. The Bertz CT molecular complexity index is 4710. The molecule has 1 aliphatic carbocycles. The van der Waals surface area contributed by atoms with Gasteiger partial charge in [-0.15, -0.1) is 10.2 Å². The maximum atomic E-state index is 14.1. The van der Waals surface area contributed by atoms with Crippen LogP contribution in [0.2, 0.25) is 10.6 Å². The molecule has 78 heavy (non-hydrogen) atoms. The molecule has 7 aromatic rings. The van der Waals surface area contributed by atoms with Crippen molar-refractivity contribution >= 4 is 137 Å². The van der Waals surface area contributed by atoms with E-state index < -0.39 is 109 Å².